The van der Waals surface area contributed by atoms with Gasteiger partial charge in [0.15, 0.2) is 5.76 Å². The summed E-state index contributed by atoms with van der Waals surface area (Å²) in [6, 6.07) is 17.3. The summed E-state index contributed by atoms with van der Waals surface area (Å²) in [5, 5.41) is 6.77. The molecule has 0 bridgehead atoms. The molecular formula is C23H21FN4O3. The summed E-state index contributed by atoms with van der Waals surface area (Å²) in [6.07, 6.45) is 2.43. The summed E-state index contributed by atoms with van der Waals surface area (Å²) in [6.45, 7) is 2.64. The molecule has 0 radical (unpaired) electrons. The summed E-state index contributed by atoms with van der Waals surface area (Å²) in [5.41, 5.74) is 1.97. The van der Waals surface area contributed by atoms with Crippen LogP contribution in [0.15, 0.2) is 71.4 Å². The van der Waals surface area contributed by atoms with Gasteiger partial charge in [0.25, 0.3) is 5.91 Å². The molecule has 2 aromatic carbocycles. The first-order chi connectivity index (χ1) is 15.1. The molecule has 2 heterocycles. The van der Waals surface area contributed by atoms with E-state index in [0.717, 1.165) is 17.7 Å². The van der Waals surface area contributed by atoms with Crippen molar-refractivity contribution in [2.45, 2.75) is 26.5 Å². The molecule has 2 aromatic heterocycles. The fourth-order valence-corrected chi connectivity index (χ4v) is 2.97. The number of aromatic nitrogens is 3. The van der Waals surface area contributed by atoms with Crippen molar-refractivity contribution in [2.24, 2.45) is 0 Å². The number of carbonyl (C=O) groups is 1. The van der Waals surface area contributed by atoms with Gasteiger partial charge in [-0.05, 0) is 53.9 Å². The lowest BCUT2D eigenvalue weighted by Gasteiger charge is -2.05. The summed E-state index contributed by atoms with van der Waals surface area (Å²) in [4.78, 5) is 16.5. The third kappa shape index (κ3) is 5.36. The van der Waals surface area contributed by atoms with Gasteiger partial charge in [0, 0.05) is 0 Å². The number of rotatable bonds is 8. The minimum absolute atomic E-state index is 0.126. The summed E-state index contributed by atoms with van der Waals surface area (Å²) < 4.78 is 26.1. The molecule has 4 aromatic rings. The molecule has 0 saturated carbocycles. The van der Waals surface area contributed by atoms with E-state index >= 15 is 0 Å². The van der Waals surface area contributed by atoms with Crippen molar-refractivity contribution in [1.29, 1.82) is 0 Å². The molecule has 0 fully saturated rings. The lowest BCUT2D eigenvalue weighted by atomic mass is 10.2. The van der Waals surface area contributed by atoms with Gasteiger partial charge in [-0.15, -0.1) is 5.10 Å². The number of hydrogen-bond acceptors (Lipinski definition) is 5. The van der Waals surface area contributed by atoms with Gasteiger partial charge in [-0.1, -0.05) is 31.2 Å². The third-order valence-electron chi connectivity index (χ3n) is 4.59. The Kier molecular flexibility index (Phi) is 6.07. The predicted molar refractivity (Wildman–Crippen MR) is 112 cm³/mol. The number of nitrogens with one attached hydrogen (secondary N) is 1. The highest BCUT2D eigenvalue weighted by Crippen LogP contribution is 2.16. The number of benzene rings is 2. The molecule has 0 saturated heterocycles. The molecule has 1 amide bonds. The van der Waals surface area contributed by atoms with Gasteiger partial charge in [0.2, 0.25) is 5.95 Å². The van der Waals surface area contributed by atoms with Crippen LogP contribution in [-0.2, 0) is 19.6 Å². The number of amides is 1. The van der Waals surface area contributed by atoms with Crippen molar-refractivity contribution in [3.8, 4) is 5.75 Å². The molecule has 1 N–H and O–H groups in total. The molecular weight excluding hydrogens is 399 g/mol. The first-order valence-corrected chi connectivity index (χ1v) is 9.85. The van der Waals surface area contributed by atoms with Crippen LogP contribution in [0.5, 0.6) is 5.75 Å². The van der Waals surface area contributed by atoms with Crippen LogP contribution in [0.2, 0.25) is 0 Å². The van der Waals surface area contributed by atoms with Crippen molar-refractivity contribution < 1.29 is 18.3 Å². The highest BCUT2D eigenvalue weighted by atomic mass is 19.1. The second-order valence-electron chi connectivity index (χ2n) is 6.90. The van der Waals surface area contributed by atoms with E-state index in [1.54, 1.807) is 24.3 Å². The largest absolute Gasteiger partial charge is 0.486 e. The molecule has 8 heteroatoms. The van der Waals surface area contributed by atoms with Gasteiger partial charge >= 0.3 is 0 Å². The van der Waals surface area contributed by atoms with Crippen LogP contribution in [0.3, 0.4) is 0 Å². The van der Waals surface area contributed by atoms with Gasteiger partial charge in [0.05, 0.1) is 6.54 Å². The SMILES string of the molecule is CCc1ccc(OCc2ccc(C(=O)Nc3ncn(Cc4cccc(F)c4)n3)o2)cc1. The molecule has 0 atom stereocenters. The standard InChI is InChI=1S/C23H21FN4O3/c1-2-16-6-8-19(9-7-16)30-14-20-10-11-21(31-20)22(29)26-23-25-15-28(27-23)13-17-4-3-5-18(24)12-17/h3-12,15H,2,13-14H2,1H3,(H,26,27,29). The molecule has 158 valence electrons. The smallest absolute Gasteiger partial charge is 0.293 e. The van der Waals surface area contributed by atoms with E-state index in [1.165, 1.54) is 28.7 Å². The van der Waals surface area contributed by atoms with Gasteiger partial charge in [0.1, 0.15) is 30.3 Å². The van der Waals surface area contributed by atoms with Crippen LogP contribution in [0, 0.1) is 5.82 Å². The maximum absolute atomic E-state index is 13.3. The molecule has 7 nitrogen and oxygen atoms in total. The van der Waals surface area contributed by atoms with Crippen molar-refractivity contribution in [1.82, 2.24) is 14.8 Å². The van der Waals surface area contributed by atoms with Gasteiger partial charge in [-0.25, -0.2) is 14.1 Å². The number of carbonyl (C=O) groups excluding carboxylic acids is 1. The average Bonchev–Trinajstić information content (AvgIpc) is 3.42. The summed E-state index contributed by atoms with van der Waals surface area (Å²) in [5.74, 6) is 0.721. The second kappa shape index (κ2) is 9.25. The third-order valence-corrected chi connectivity index (χ3v) is 4.59. The van der Waals surface area contributed by atoms with E-state index in [-0.39, 0.29) is 24.1 Å². The quantitative estimate of drug-likeness (QED) is 0.455. The monoisotopic (exact) mass is 420 g/mol. The van der Waals surface area contributed by atoms with Gasteiger partial charge in [-0.3, -0.25) is 10.1 Å². The van der Waals surface area contributed by atoms with E-state index in [4.69, 9.17) is 9.15 Å². The van der Waals surface area contributed by atoms with Gasteiger partial charge in [-0.2, -0.15) is 0 Å². The molecule has 0 spiro atoms. The number of furan rings is 1. The number of aryl methyl sites for hydroxylation is 1. The average molecular weight is 420 g/mol. The lowest BCUT2D eigenvalue weighted by molar-refractivity contribution is 0.0991. The Bertz CT molecular complexity index is 1170. The van der Waals surface area contributed by atoms with Gasteiger partial charge < -0.3 is 9.15 Å². The summed E-state index contributed by atoms with van der Waals surface area (Å²) >= 11 is 0. The number of hydrogen-bond donors (Lipinski definition) is 1. The van der Waals surface area contributed by atoms with Crippen molar-refractivity contribution in [3.05, 3.63) is 95.5 Å². The molecule has 31 heavy (non-hydrogen) atoms. The predicted octanol–water partition coefficient (Wildman–Crippen LogP) is 4.45. The lowest BCUT2D eigenvalue weighted by Crippen LogP contribution is -2.12. The van der Waals surface area contributed by atoms with Crippen molar-refractivity contribution >= 4 is 11.9 Å². The fourth-order valence-electron chi connectivity index (χ4n) is 2.97. The van der Waals surface area contributed by atoms with E-state index in [9.17, 15) is 9.18 Å². The topological polar surface area (TPSA) is 82.2 Å². The van der Waals surface area contributed by atoms with Crippen molar-refractivity contribution in [2.75, 3.05) is 5.32 Å². The van der Waals surface area contributed by atoms with Crippen LogP contribution in [0.25, 0.3) is 0 Å². The fraction of sp³-hybridized carbons (Fsp3) is 0.174. The Hall–Kier alpha value is -3.94. The van der Waals surface area contributed by atoms with Crippen LogP contribution in [0.1, 0.15) is 34.4 Å². The zero-order valence-corrected chi connectivity index (χ0v) is 16.9. The van der Waals surface area contributed by atoms with Crippen molar-refractivity contribution in [3.63, 3.8) is 0 Å². The Balaban J connectivity index is 1.32. The summed E-state index contributed by atoms with van der Waals surface area (Å²) in [7, 11) is 0. The number of ether oxygens (including phenoxy) is 1. The van der Waals surface area contributed by atoms with Crippen LogP contribution in [-0.4, -0.2) is 20.7 Å². The molecule has 0 aliphatic heterocycles. The van der Waals surface area contributed by atoms with E-state index in [0.29, 0.717) is 12.3 Å². The zero-order valence-electron chi connectivity index (χ0n) is 16.9. The maximum Gasteiger partial charge on any atom is 0.293 e. The Morgan fingerprint density at radius 2 is 1.97 bits per heavy atom. The molecule has 0 aliphatic carbocycles. The number of halogens is 1. The second-order valence-corrected chi connectivity index (χ2v) is 6.90. The minimum Gasteiger partial charge on any atom is -0.486 e. The highest BCUT2D eigenvalue weighted by molar-refractivity contribution is 6.01. The number of anilines is 1. The van der Waals surface area contributed by atoms with Crippen LogP contribution >= 0.6 is 0 Å². The molecule has 0 aliphatic rings. The molecule has 4 rings (SSSR count). The van der Waals surface area contributed by atoms with E-state index in [2.05, 4.69) is 22.3 Å². The Labute approximate surface area is 178 Å². The number of nitrogens with zero attached hydrogens (tertiary/aromatic N) is 3. The molecule has 0 unspecified atom stereocenters. The first kappa shape index (κ1) is 20.3. The highest BCUT2D eigenvalue weighted by Gasteiger charge is 2.14. The van der Waals surface area contributed by atoms with Crippen LogP contribution in [0.4, 0.5) is 10.3 Å². The normalized spacial score (nSPS) is 10.8. The zero-order chi connectivity index (χ0) is 21.6. The Morgan fingerprint density at radius 3 is 2.74 bits per heavy atom. The van der Waals surface area contributed by atoms with Crippen LogP contribution < -0.4 is 10.1 Å². The maximum atomic E-state index is 13.3. The first-order valence-electron chi connectivity index (χ1n) is 9.85. The minimum atomic E-state index is -0.470. The van der Waals surface area contributed by atoms with E-state index < -0.39 is 5.91 Å². The van der Waals surface area contributed by atoms with E-state index in [1.807, 2.05) is 24.3 Å². The Morgan fingerprint density at radius 1 is 1.13 bits per heavy atom.